The molecule has 0 aromatic heterocycles. The maximum atomic E-state index is 10.7. The van der Waals surface area contributed by atoms with E-state index in [0.717, 1.165) is 25.8 Å². The van der Waals surface area contributed by atoms with Crippen molar-refractivity contribution in [3.8, 4) is 0 Å². The lowest BCUT2D eigenvalue weighted by Gasteiger charge is -2.10. The summed E-state index contributed by atoms with van der Waals surface area (Å²) in [6.07, 6.45) is 6.76. The van der Waals surface area contributed by atoms with Gasteiger partial charge < -0.3 is 5.32 Å². The zero-order chi connectivity index (χ0) is 13.8. The lowest BCUT2D eigenvalue weighted by Crippen LogP contribution is -2.04. The summed E-state index contributed by atoms with van der Waals surface area (Å²) >= 11 is 12.0. The van der Waals surface area contributed by atoms with Crippen molar-refractivity contribution >= 4 is 34.6 Å². The van der Waals surface area contributed by atoms with Gasteiger partial charge >= 0.3 is 0 Å². The lowest BCUT2D eigenvalue weighted by atomic mass is 10.1. The normalized spacial score (nSPS) is 14.3. The van der Waals surface area contributed by atoms with Crippen molar-refractivity contribution in [3.63, 3.8) is 0 Å². The van der Waals surface area contributed by atoms with Crippen LogP contribution in [0.15, 0.2) is 23.8 Å². The number of allylic oxidation sites excluding steroid dienone is 1. The maximum absolute atomic E-state index is 10.7. The summed E-state index contributed by atoms with van der Waals surface area (Å²) in [6.45, 7) is 0.725. The Balaban J connectivity index is 2.01. The van der Waals surface area contributed by atoms with E-state index in [-0.39, 0.29) is 15.7 Å². The third-order valence-corrected chi connectivity index (χ3v) is 3.72. The average molecular weight is 301 g/mol. The van der Waals surface area contributed by atoms with Crippen molar-refractivity contribution in [1.82, 2.24) is 0 Å². The third-order valence-electron chi connectivity index (χ3n) is 3.12. The molecule has 0 aliphatic heterocycles. The summed E-state index contributed by atoms with van der Waals surface area (Å²) in [5.74, 6) is 0. The van der Waals surface area contributed by atoms with Gasteiger partial charge in [0.2, 0.25) is 0 Å². The predicted molar refractivity (Wildman–Crippen MR) is 78.2 cm³/mol. The standard InChI is InChI=1S/C13H14Cl2N2O2/c14-11-7-10(17(18)19)8-12(15)13(11)16-6-5-9-3-1-2-4-9/h3,7-8,16H,1-2,4-6H2. The van der Waals surface area contributed by atoms with Gasteiger partial charge in [0.05, 0.1) is 20.7 Å². The van der Waals surface area contributed by atoms with Gasteiger partial charge in [-0.1, -0.05) is 34.9 Å². The van der Waals surface area contributed by atoms with E-state index < -0.39 is 4.92 Å². The number of halogens is 2. The van der Waals surface area contributed by atoms with Crippen LogP contribution in [0.2, 0.25) is 10.0 Å². The van der Waals surface area contributed by atoms with Crippen molar-refractivity contribution in [2.24, 2.45) is 0 Å². The molecule has 0 fully saturated rings. The summed E-state index contributed by atoms with van der Waals surface area (Å²) in [4.78, 5) is 10.2. The number of nitrogens with one attached hydrogen (secondary N) is 1. The molecule has 0 heterocycles. The summed E-state index contributed by atoms with van der Waals surface area (Å²) in [6, 6.07) is 2.62. The Morgan fingerprint density at radius 2 is 2.00 bits per heavy atom. The first kappa shape index (κ1) is 14.2. The fourth-order valence-corrected chi connectivity index (χ4v) is 2.76. The summed E-state index contributed by atoms with van der Waals surface area (Å²) in [5.41, 5.74) is 1.91. The zero-order valence-electron chi connectivity index (χ0n) is 10.3. The molecule has 6 heteroatoms. The van der Waals surface area contributed by atoms with Gasteiger partial charge in [-0.15, -0.1) is 0 Å². The van der Waals surface area contributed by atoms with Gasteiger partial charge in [-0.2, -0.15) is 0 Å². The highest BCUT2D eigenvalue weighted by Gasteiger charge is 2.14. The summed E-state index contributed by atoms with van der Waals surface area (Å²) in [5, 5.41) is 14.4. The van der Waals surface area contributed by atoms with Gasteiger partial charge in [0.15, 0.2) is 0 Å². The van der Waals surface area contributed by atoms with E-state index in [1.165, 1.54) is 24.1 Å². The molecule has 1 aromatic carbocycles. The van der Waals surface area contributed by atoms with Crippen LogP contribution in [-0.4, -0.2) is 11.5 Å². The number of hydrogen-bond donors (Lipinski definition) is 1. The van der Waals surface area contributed by atoms with Crippen LogP contribution in [0.25, 0.3) is 0 Å². The summed E-state index contributed by atoms with van der Waals surface area (Å²) in [7, 11) is 0. The average Bonchev–Trinajstić information content (AvgIpc) is 2.85. The Kier molecular flexibility index (Phi) is 4.66. The highest BCUT2D eigenvalue weighted by atomic mass is 35.5. The molecule has 0 unspecified atom stereocenters. The first-order valence-corrected chi connectivity index (χ1v) is 6.88. The second kappa shape index (κ2) is 6.26. The lowest BCUT2D eigenvalue weighted by molar-refractivity contribution is -0.384. The van der Waals surface area contributed by atoms with Crippen LogP contribution in [-0.2, 0) is 0 Å². The molecule has 0 amide bonds. The molecule has 0 saturated heterocycles. The fourth-order valence-electron chi connectivity index (χ4n) is 2.15. The van der Waals surface area contributed by atoms with E-state index in [2.05, 4.69) is 11.4 Å². The first-order chi connectivity index (χ1) is 9.08. The number of hydrogen-bond acceptors (Lipinski definition) is 3. The van der Waals surface area contributed by atoms with E-state index >= 15 is 0 Å². The molecule has 0 radical (unpaired) electrons. The van der Waals surface area contributed by atoms with Crippen LogP contribution in [0.1, 0.15) is 25.7 Å². The minimum Gasteiger partial charge on any atom is -0.382 e. The van der Waals surface area contributed by atoms with Crippen LogP contribution in [0.4, 0.5) is 11.4 Å². The first-order valence-electron chi connectivity index (χ1n) is 6.13. The van der Waals surface area contributed by atoms with Crippen LogP contribution in [0.5, 0.6) is 0 Å². The van der Waals surface area contributed by atoms with Crippen molar-refractivity contribution in [2.45, 2.75) is 25.7 Å². The Morgan fingerprint density at radius 3 is 2.53 bits per heavy atom. The van der Waals surface area contributed by atoms with Crippen LogP contribution >= 0.6 is 23.2 Å². The van der Waals surface area contributed by atoms with E-state index in [0.29, 0.717) is 5.69 Å². The molecule has 2 rings (SSSR count). The molecule has 19 heavy (non-hydrogen) atoms. The number of nitro benzene ring substituents is 1. The Bertz CT molecular complexity index is 506. The van der Waals surface area contributed by atoms with Crippen molar-refractivity contribution in [1.29, 1.82) is 0 Å². The molecular weight excluding hydrogens is 287 g/mol. The minimum absolute atomic E-state index is 0.0981. The number of non-ortho nitro benzene ring substituents is 1. The molecule has 1 aliphatic rings. The highest BCUT2D eigenvalue weighted by molar-refractivity contribution is 6.39. The van der Waals surface area contributed by atoms with E-state index in [9.17, 15) is 10.1 Å². The van der Waals surface area contributed by atoms with Gasteiger partial charge in [-0.25, -0.2) is 0 Å². The van der Waals surface area contributed by atoms with Gasteiger partial charge in [-0.3, -0.25) is 10.1 Å². The number of rotatable bonds is 5. The van der Waals surface area contributed by atoms with Crippen molar-refractivity contribution < 1.29 is 4.92 Å². The molecule has 102 valence electrons. The molecular formula is C13H14Cl2N2O2. The van der Waals surface area contributed by atoms with Gasteiger partial charge in [0, 0.05) is 18.7 Å². The van der Waals surface area contributed by atoms with Gasteiger partial charge in [0.25, 0.3) is 5.69 Å². The number of nitro groups is 1. The van der Waals surface area contributed by atoms with E-state index in [1.807, 2.05) is 0 Å². The molecule has 0 atom stereocenters. The number of benzene rings is 1. The van der Waals surface area contributed by atoms with Crippen LogP contribution < -0.4 is 5.32 Å². The van der Waals surface area contributed by atoms with Crippen LogP contribution in [0.3, 0.4) is 0 Å². The predicted octanol–water partition coefficient (Wildman–Crippen LogP) is 4.81. The molecule has 1 N–H and O–H groups in total. The minimum atomic E-state index is -0.509. The maximum Gasteiger partial charge on any atom is 0.272 e. The largest absolute Gasteiger partial charge is 0.382 e. The third kappa shape index (κ3) is 3.61. The molecule has 4 nitrogen and oxygen atoms in total. The highest BCUT2D eigenvalue weighted by Crippen LogP contribution is 2.34. The Morgan fingerprint density at radius 1 is 1.32 bits per heavy atom. The molecule has 1 aromatic rings. The quantitative estimate of drug-likeness (QED) is 0.482. The topological polar surface area (TPSA) is 55.2 Å². The second-order valence-corrected chi connectivity index (χ2v) is 5.29. The Hall–Kier alpha value is -1.26. The molecule has 0 bridgehead atoms. The molecule has 0 saturated carbocycles. The molecule has 0 spiro atoms. The Labute approximate surface area is 121 Å². The smallest absolute Gasteiger partial charge is 0.272 e. The fraction of sp³-hybridized carbons (Fsp3) is 0.385. The number of nitrogens with zero attached hydrogens (tertiary/aromatic N) is 1. The molecule has 1 aliphatic carbocycles. The van der Waals surface area contributed by atoms with E-state index in [4.69, 9.17) is 23.2 Å². The van der Waals surface area contributed by atoms with Gasteiger partial charge in [0.1, 0.15) is 0 Å². The zero-order valence-corrected chi connectivity index (χ0v) is 11.8. The van der Waals surface area contributed by atoms with E-state index in [1.54, 1.807) is 0 Å². The second-order valence-electron chi connectivity index (χ2n) is 4.47. The number of anilines is 1. The van der Waals surface area contributed by atoms with Crippen molar-refractivity contribution in [2.75, 3.05) is 11.9 Å². The van der Waals surface area contributed by atoms with Crippen LogP contribution in [0, 0.1) is 10.1 Å². The van der Waals surface area contributed by atoms with Gasteiger partial charge in [-0.05, 0) is 25.7 Å². The summed E-state index contributed by atoms with van der Waals surface area (Å²) < 4.78 is 0. The van der Waals surface area contributed by atoms with Crippen molar-refractivity contribution in [3.05, 3.63) is 43.9 Å². The monoisotopic (exact) mass is 300 g/mol. The SMILES string of the molecule is O=[N+]([O-])c1cc(Cl)c(NCCC2=CCCC2)c(Cl)c1.